The van der Waals surface area contributed by atoms with Gasteiger partial charge in [-0.3, -0.25) is 9.69 Å². The third kappa shape index (κ3) is 6.31. The van der Waals surface area contributed by atoms with E-state index in [2.05, 4.69) is 15.2 Å². The zero-order chi connectivity index (χ0) is 30.4. The van der Waals surface area contributed by atoms with E-state index in [-0.39, 0.29) is 16.8 Å². The van der Waals surface area contributed by atoms with Crippen LogP contribution in [0.2, 0.25) is 5.02 Å². The number of hydrogen-bond donors (Lipinski definition) is 2. The van der Waals surface area contributed by atoms with Crippen molar-refractivity contribution >= 4 is 38.4 Å². The lowest BCUT2D eigenvalue weighted by Gasteiger charge is -2.31. The molecule has 0 radical (unpaired) electrons. The number of carbonyl (C=O) groups excluding carboxylic acids is 1. The molecule has 0 aliphatic carbocycles. The van der Waals surface area contributed by atoms with Crippen LogP contribution < -0.4 is 5.32 Å². The van der Waals surface area contributed by atoms with Gasteiger partial charge in [-0.25, -0.2) is 8.42 Å². The fourth-order valence-corrected chi connectivity index (χ4v) is 7.46. The maximum atomic E-state index is 13.2. The van der Waals surface area contributed by atoms with Gasteiger partial charge >= 0.3 is 6.18 Å². The summed E-state index contributed by atoms with van der Waals surface area (Å²) in [5, 5.41) is 4.48. The monoisotopic (exact) mass is 630 g/mol. The Labute approximate surface area is 252 Å². The maximum absolute atomic E-state index is 13.2. The molecule has 4 aromatic rings. The Balaban J connectivity index is 1.10. The number of benzene rings is 3. The number of rotatable bonds is 6. The van der Waals surface area contributed by atoms with E-state index in [4.69, 9.17) is 11.6 Å². The third-order valence-corrected chi connectivity index (χ3v) is 10.4. The second kappa shape index (κ2) is 11.6. The Morgan fingerprint density at radius 3 is 2.35 bits per heavy atom. The third-order valence-electron chi connectivity index (χ3n) is 8.24. The number of H-pyrrole nitrogens is 1. The average Bonchev–Trinajstić information content (AvgIpc) is 3.35. The van der Waals surface area contributed by atoms with Gasteiger partial charge in [0, 0.05) is 72.4 Å². The summed E-state index contributed by atoms with van der Waals surface area (Å²) in [5.74, 6) is -0.215. The molecule has 1 aromatic heterocycles. The molecule has 7 nitrogen and oxygen atoms in total. The number of hydrogen-bond acceptors (Lipinski definition) is 4. The van der Waals surface area contributed by atoms with Crippen molar-refractivity contribution in [2.24, 2.45) is 0 Å². The molecule has 6 rings (SSSR count). The van der Waals surface area contributed by atoms with E-state index in [0.29, 0.717) is 49.6 Å². The van der Waals surface area contributed by atoms with Crippen LogP contribution in [0.3, 0.4) is 0 Å². The number of aromatic amines is 1. The summed E-state index contributed by atoms with van der Waals surface area (Å²) in [6.45, 7) is 2.50. The van der Waals surface area contributed by atoms with Crippen molar-refractivity contribution in [1.82, 2.24) is 19.5 Å². The maximum Gasteiger partial charge on any atom is 0.416 e. The summed E-state index contributed by atoms with van der Waals surface area (Å²) in [4.78, 5) is 19.1. The van der Waals surface area contributed by atoms with Gasteiger partial charge in [-0.05, 0) is 78.6 Å². The Morgan fingerprint density at radius 2 is 1.67 bits per heavy atom. The molecule has 1 fully saturated rings. The first-order valence-corrected chi connectivity index (χ1v) is 15.9. The Bertz CT molecular complexity index is 1750. The Hall–Kier alpha value is -3.38. The molecular formula is C31H30ClF3N4O3S. The second-order valence-corrected chi connectivity index (χ2v) is 13.5. The molecule has 3 aromatic carbocycles. The molecule has 1 amide bonds. The molecule has 2 aliphatic rings. The van der Waals surface area contributed by atoms with Crippen LogP contribution in [0.4, 0.5) is 13.2 Å². The quantitative estimate of drug-likeness (QED) is 0.275. The topological polar surface area (TPSA) is 85.5 Å². The van der Waals surface area contributed by atoms with Crippen molar-refractivity contribution in [3.63, 3.8) is 0 Å². The number of amides is 1. The van der Waals surface area contributed by atoms with Crippen LogP contribution in [0.15, 0.2) is 71.6 Å². The molecule has 2 N–H and O–H groups in total. The second-order valence-electron chi connectivity index (χ2n) is 11.1. The number of alkyl halides is 3. The van der Waals surface area contributed by atoms with Gasteiger partial charge in [-0.15, -0.1) is 0 Å². The van der Waals surface area contributed by atoms with Gasteiger partial charge in [0.2, 0.25) is 10.0 Å². The molecule has 0 saturated carbocycles. The predicted octanol–water partition coefficient (Wildman–Crippen LogP) is 5.98. The lowest BCUT2D eigenvalue weighted by molar-refractivity contribution is -0.137. The smallest absolute Gasteiger partial charge is 0.358 e. The Kier molecular flexibility index (Phi) is 8.01. The zero-order valence-electron chi connectivity index (χ0n) is 23.1. The van der Waals surface area contributed by atoms with Crippen molar-refractivity contribution in [1.29, 1.82) is 0 Å². The number of carbonyl (C=O) groups is 1. The van der Waals surface area contributed by atoms with E-state index in [1.54, 1.807) is 18.2 Å². The molecule has 12 heteroatoms. The highest BCUT2D eigenvalue weighted by Gasteiger charge is 2.31. The molecule has 226 valence electrons. The number of aromatic nitrogens is 1. The largest absolute Gasteiger partial charge is 0.416 e. The number of halogens is 4. The minimum Gasteiger partial charge on any atom is -0.358 e. The summed E-state index contributed by atoms with van der Waals surface area (Å²) < 4.78 is 66.2. The van der Waals surface area contributed by atoms with E-state index in [9.17, 15) is 26.4 Å². The van der Waals surface area contributed by atoms with Crippen molar-refractivity contribution < 1.29 is 26.4 Å². The van der Waals surface area contributed by atoms with Crippen LogP contribution >= 0.6 is 11.6 Å². The van der Waals surface area contributed by atoms with Crippen LogP contribution in [0.5, 0.6) is 0 Å². The highest BCUT2D eigenvalue weighted by Crippen LogP contribution is 2.31. The highest BCUT2D eigenvalue weighted by molar-refractivity contribution is 7.89. The fourth-order valence-electron chi connectivity index (χ4n) is 5.87. The van der Waals surface area contributed by atoms with Crippen molar-refractivity contribution in [2.75, 3.05) is 19.6 Å². The number of piperidine rings is 1. The lowest BCUT2D eigenvalue weighted by atomic mass is 10.0. The SMILES string of the molecule is O=C(NC1CCN(S(=O)(=O)c2ccc(Cl)cc2)CC1)c1ccc2[nH]c3c(c2c1)CN(Cc1ccc(C(F)(F)F)cc1)CC3. The standard InChI is InChI=1S/C31H30ClF3N4O3S/c32-23-6-8-25(9-7-23)43(41,42)39-15-11-24(12-16-39)36-30(40)21-3-10-28-26(17-21)27-19-38(14-13-29(27)37-28)18-20-1-4-22(5-2-20)31(33,34)35/h1-10,17,24,37H,11-16,18-19H2,(H,36,40). The van der Waals surface area contributed by atoms with E-state index in [0.717, 1.165) is 52.8 Å². The summed E-state index contributed by atoms with van der Waals surface area (Å²) in [7, 11) is -3.63. The molecule has 3 heterocycles. The van der Waals surface area contributed by atoms with Gasteiger partial charge in [-0.2, -0.15) is 17.5 Å². The fraction of sp³-hybridized carbons (Fsp3) is 0.323. The number of nitrogens with zero attached hydrogens (tertiary/aromatic N) is 2. The predicted molar refractivity (Wildman–Crippen MR) is 158 cm³/mol. The van der Waals surface area contributed by atoms with Crippen molar-refractivity contribution in [3.8, 4) is 0 Å². The summed E-state index contributed by atoms with van der Waals surface area (Å²) >= 11 is 5.90. The molecule has 2 aliphatic heterocycles. The first kappa shape index (κ1) is 29.7. The molecule has 0 atom stereocenters. The van der Waals surface area contributed by atoms with Crippen LogP contribution in [-0.4, -0.2) is 54.2 Å². The lowest BCUT2D eigenvalue weighted by Crippen LogP contribution is -2.46. The molecule has 0 spiro atoms. The van der Waals surface area contributed by atoms with Crippen LogP contribution in [0.1, 0.15) is 45.6 Å². The molecule has 0 unspecified atom stereocenters. The first-order valence-electron chi connectivity index (χ1n) is 14.1. The summed E-state index contributed by atoms with van der Waals surface area (Å²) in [5.41, 5.74) is 3.79. The number of fused-ring (bicyclic) bond motifs is 3. The minimum absolute atomic E-state index is 0.153. The van der Waals surface area contributed by atoms with E-state index < -0.39 is 21.8 Å². The minimum atomic E-state index is -4.36. The molecule has 0 bridgehead atoms. The van der Waals surface area contributed by atoms with E-state index in [1.165, 1.54) is 28.6 Å². The first-order chi connectivity index (χ1) is 20.5. The number of sulfonamides is 1. The van der Waals surface area contributed by atoms with Gasteiger partial charge in [-0.1, -0.05) is 23.7 Å². The van der Waals surface area contributed by atoms with Crippen molar-refractivity contribution in [3.05, 3.63) is 99.7 Å². The van der Waals surface area contributed by atoms with Crippen LogP contribution in [0.25, 0.3) is 10.9 Å². The van der Waals surface area contributed by atoms with Gasteiger partial charge in [0.1, 0.15) is 0 Å². The normalized spacial score (nSPS) is 17.2. The molecular weight excluding hydrogens is 601 g/mol. The summed E-state index contributed by atoms with van der Waals surface area (Å²) in [6.07, 6.45) is -2.59. The van der Waals surface area contributed by atoms with Crippen LogP contribution in [-0.2, 0) is 35.7 Å². The highest BCUT2D eigenvalue weighted by atomic mass is 35.5. The van der Waals surface area contributed by atoms with E-state index in [1.807, 2.05) is 12.1 Å². The van der Waals surface area contributed by atoms with Gasteiger partial charge in [0.05, 0.1) is 10.5 Å². The molecule has 43 heavy (non-hydrogen) atoms. The van der Waals surface area contributed by atoms with E-state index >= 15 is 0 Å². The Morgan fingerprint density at radius 1 is 0.977 bits per heavy atom. The average molecular weight is 631 g/mol. The van der Waals surface area contributed by atoms with Gasteiger partial charge in [0.25, 0.3) is 5.91 Å². The van der Waals surface area contributed by atoms with Gasteiger partial charge < -0.3 is 10.3 Å². The molecule has 1 saturated heterocycles. The summed E-state index contributed by atoms with van der Waals surface area (Å²) in [6, 6.07) is 16.8. The number of nitrogens with one attached hydrogen (secondary N) is 2. The van der Waals surface area contributed by atoms with Crippen LogP contribution in [0, 0.1) is 0 Å². The van der Waals surface area contributed by atoms with Gasteiger partial charge in [0.15, 0.2) is 0 Å². The van der Waals surface area contributed by atoms with Crippen molar-refractivity contribution in [2.45, 2.75) is 49.5 Å². The zero-order valence-corrected chi connectivity index (χ0v) is 24.7.